The van der Waals surface area contributed by atoms with Crippen LogP contribution in [0.5, 0.6) is 0 Å². The third kappa shape index (κ3) is 6.92. The van der Waals surface area contributed by atoms with Crippen LogP contribution >= 0.6 is 0 Å². The van der Waals surface area contributed by atoms with Crippen molar-refractivity contribution in [1.29, 1.82) is 0 Å². The van der Waals surface area contributed by atoms with Gasteiger partial charge in [0.25, 0.3) is 15.8 Å². The van der Waals surface area contributed by atoms with E-state index in [4.69, 9.17) is 4.18 Å². The zero-order valence-electron chi connectivity index (χ0n) is 16.9. The van der Waals surface area contributed by atoms with Crippen LogP contribution in [0.3, 0.4) is 0 Å². The van der Waals surface area contributed by atoms with Gasteiger partial charge in [-0.1, -0.05) is 23.8 Å². The molecule has 2 aromatic carbocycles. The van der Waals surface area contributed by atoms with E-state index in [9.17, 15) is 45.3 Å². The molecule has 0 atom stereocenters. The van der Waals surface area contributed by atoms with Gasteiger partial charge >= 0.3 is 12.1 Å². The van der Waals surface area contributed by atoms with Gasteiger partial charge in [-0.2, -0.15) is 30.4 Å². The number of hydrogen-bond donors (Lipinski definition) is 1. The van der Waals surface area contributed by atoms with E-state index in [1.807, 2.05) is 0 Å². The van der Waals surface area contributed by atoms with E-state index in [1.54, 1.807) is 6.92 Å². The number of hydrogen-bond acceptors (Lipinski definition) is 6. The molecule has 0 heterocycles. The molecule has 0 bridgehead atoms. The molecule has 2 rings (SSSR count). The zero-order chi connectivity index (χ0) is 25.0. The van der Waals surface area contributed by atoms with Gasteiger partial charge in [0.2, 0.25) is 5.91 Å². The standard InChI is InChI=1S/C19H17F5N2O6S/c1-12-2-6-16(7-3-12)33(30,31)32-10-14-8-15(26(28)29)5-4-13(14)9-17(27)25-11-18(20,21)19(22,23)24/h2-8H,9-11H2,1H3,(H,25,27). The van der Waals surface area contributed by atoms with Gasteiger partial charge in [-0.05, 0) is 30.2 Å². The van der Waals surface area contributed by atoms with Gasteiger partial charge in [0.15, 0.2) is 0 Å². The number of nitro benzene ring substituents is 1. The number of rotatable bonds is 9. The molecule has 14 heteroatoms. The summed E-state index contributed by atoms with van der Waals surface area (Å²) < 4.78 is 92.3. The Morgan fingerprint density at radius 2 is 1.67 bits per heavy atom. The van der Waals surface area contributed by atoms with Crippen molar-refractivity contribution in [1.82, 2.24) is 5.32 Å². The lowest BCUT2D eigenvalue weighted by Crippen LogP contribution is -2.47. The zero-order valence-corrected chi connectivity index (χ0v) is 17.7. The summed E-state index contributed by atoms with van der Waals surface area (Å²) >= 11 is 0. The number of alkyl halides is 5. The second-order valence-corrected chi connectivity index (χ2v) is 8.51. The summed E-state index contributed by atoms with van der Waals surface area (Å²) in [5.74, 6) is -6.40. The molecule has 0 aromatic heterocycles. The molecule has 8 nitrogen and oxygen atoms in total. The van der Waals surface area contributed by atoms with Crippen LogP contribution in [-0.4, -0.2) is 37.9 Å². The van der Waals surface area contributed by atoms with Crippen molar-refractivity contribution >= 4 is 21.7 Å². The van der Waals surface area contributed by atoms with Gasteiger partial charge < -0.3 is 5.32 Å². The van der Waals surface area contributed by atoms with Crippen LogP contribution in [0.4, 0.5) is 27.6 Å². The highest BCUT2D eigenvalue weighted by Crippen LogP contribution is 2.34. The summed E-state index contributed by atoms with van der Waals surface area (Å²) in [7, 11) is -4.29. The van der Waals surface area contributed by atoms with Crippen LogP contribution in [0.25, 0.3) is 0 Å². The van der Waals surface area contributed by atoms with Crippen LogP contribution in [0.15, 0.2) is 47.4 Å². The fourth-order valence-electron chi connectivity index (χ4n) is 2.49. The molecule has 0 radical (unpaired) electrons. The van der Waals surface area contributed by atoms with Gasteiger partial charge in [0.1, 0.15) is 0 Å². The molecule has 0 saturated heterocycles. The lowest BCUT2D eigenvalue weighted by atomic mass is 10.0. The average Bonchev–Trinajstić information content (AvgIpc) is 2.71. The molecular weight excluding hydrogens is 479 g/mol. The van der Waals surface area contributed by atoms with Crippen LogP contribution < -0.4 is 5.32 Å². The van der Waals surface area contributed by atoms with Crippen molar-refractivity contribution in [3.8, 4) is 0 Å². The number of nitro groups is 1. The molecule has 1 N–H and O–H groups in total. The fraction of sp³-hybridized carbons (Fsp3) is 0.316. The summed E-state index contributed by atoms with van der Waals surface area (Å²) in [5, 5.41) is 12.5. The number of benzene rings is 2. The number of aryl methyl sites for hydroxylation is 1. The van der Waals surface area contributed by atoms with Crippen molar-refractivity contribution in [3.63, 3.8) is 0 Å². The largest absolute Gasteiger partial charge is 0.455 e. The van der Waals surface area contributed by atoms with Gasteiger partial charge in [0.05, 0.1) is 29.4 Å². The molecule has 0 saturated carbocycles. The van der Waals surface area contributed by atoms with E-state index >= 15 is 0 Å². The van der Waals surface area contributed by atoms with Gasteiger partial charge in [0, 0.05) is 12.1 Å². The van der Waals surface area contributed by atoms with Gasteiger partial charge in [-0.3, -0.25) is 19.1 Å². The maximum Gasteiger partial charge on any atom is 0.455 e. The van der Waals surface area contributed by atoms with Crippen molar-refractivity contribution in [2.24, 2.45) is 0 Å². The first-order valence-electron chi connectivity index (χ1n) is 9.06. The third-order valence-corrected chi connectivity index (χ3v) is 5.63. The summed E-state index contributed by atoms with van der Waals surface area (Å²) in [6.07, 6.45) is -6.62. The minimum absolute atomic E-state index is 0.0625. The SMILES string of the molecule is Cc1ccc(S(=O)(=O)OCc2cc([N+](=O)[O-])ccc2CC(=O)NCC(F)(F)C(F)(F)F)cc1. The first-order valence-corrected chi connectivity index (χ1v) is 10.5. The Labute approximate surface area is 184 Å². The molecule has 0 aliphatic carbocycles. The Morgan fingerprint density at radius 1 is 1.06 bits per heavy atom. The molecule has 0 fully saturated rings. The number of halogens is 5. The Hall–Kier alpha value is -3.13. The number of carbonyl (C=O) groups excluding carboxylic acids is 1. The molecule has 33 heavy (non-hydrogen) atoms. The predicted octanol–water partition coefficient (Wildman–Crippen LogP) is 3.67. The molecule has 2 aromatic rings. The minimum atomic E-state index is -5.86. The van der Waals surface area contributed by atoms with Crippen molar-refractivity contribution < 1.29 is 44.3 Å². The van der Waals surface area contributed by atoms with Crippen LogP contribution in [0, 0.1) is 17.0 Å². The Balaban J connectivity index is 2.20. The molecule has 0 unspecified atom stereocenters. The maximum absolute atomic E-state index is 13.0. The van der Waals surface area contributed by atoms with Crippen LogP contribution in [-0.2, 0) is 32.1 Å². The van der Waals surface area contributed by atoms with E-state index in [-0.39, 0.29) is 16.0 Å². The van der Waals surface area contributed by atoms with Crippen LogP contribution in [0.1, 0.15) is 16.7 Å². The highest BCUT2D eigenvalue weighted by atomic mass is 32.2. The van der Waals surface area contributed by atoms with Gasteiger partial charge in [-0.25, -0.2) is 0 Å². The Kier molecular flexibility index (Phi) is 7.75. The van der Waals surface area contributed by atoms with Crippen LogP contribution in [0.2, 0.25) is 0 Å². The fourth-order valence-corrected chi connectivity index (χ4v) is 3.38. The van der Waals surface area contributed by atoms with E-state index in [2.05, 4.69) is 0 Å². The van der Waals surface area contributed by atoms with E-state index in [0.29, 0.717) is 0 Å². The number of nitrogens with one attached hydrogen (secondary N) is 1. The first kappa shape index (κ1) is 26.1. The second-order valence-electron chi connectivity index (χ2n) is 6.90. The number of non-ortho nitro benzene ring substituents is 1. The number of nitrogens with zero attached hydrogens (tertiary/aromatic N) is 1. The van der Waals surface area contributed by atoms with Gasteiger partial charge in [-0.15, -0.1) is 0 Å². The second kappa shape index (κ2) is 9.79. The molecule has 0 aliphatic heterocycles. The van der Waals surface area contributed by atoms with Crippen molar-refractivity contribution in [2.45, 2.75) is 36.9 Å². The highest BCUT2D eigenvalue weighted by molar-refractivity contribution is 7.86. The lowest BCUT2D eigenvalue weighted by Gasteiger charge is -2.20. The smallest absolute Gasteiger partial charge is 0.349 e. The number of carbonyl (C=O) groups is 1. The molecular formula is C19H17F5N2O6S. The van der Waals surface area contributed by atoms with E-state index in [0.717, 1.165) is 23.8 Å². The predicted molar refractivity (Wildman–Crippen MR) is 104 cm³/mol. The quantitative estimate of drug-likeness (QED) is 0.245. The van der Waals surface area contributed by atoms with E-state index < -0.39 is 58.3 Å². The van der Waals surface area contributed by atoms with Crippen molar-refractivity contribution in [3.05, 3.63) is 69.3 Å². The highest BCUT2D eigenvalue weighted by Gasteiger charge is 2.57. The monoisotopic (exact) mass is 496 g/mol. The molecule has 0 aliphatic rings. The normalized spacial score (nSPS) is 12.4. The Morgan fingerprint density at radius 3 is 2.21 bits per heavy atom. The lowest BCUT2D eigenvalue weighted by molar-refractivity contribution is -0.385. The first-order chi connectivity index (χ1) is 15.1. The minimum Gasteiger partial charge on any atom is -0.349 e. The molecule has 180 valence electrons. The number of amides is 1. The topological polar surface area (TPSA) is 116 Å². The summed E-state index contributed by atoms with van der Waals surface area (Å²) in [4.78, 5) is 21.9. The van der Waals surface area contributed by atoms with E-state index in [1.165, 1.54) is 29.6 Å². The summed E-state index contributed by atoms with van der Waals surface area (Å²) in [6, 6.07) is 8.49. The maximum atomic E-state index is 13.0. The molecule has 0 spiro atoms. The molecule has 1 amide bonds. The summed E-state index contributed by atoms with van der Waals surface area (Å²) in [5.41, 5.74) is 0.0938. The average molecular weight is 496 g/mol. The van der Waals surface area contributed by atoms with Crippen molar-refractivity contribution in [2.75, 3.05) is 6.54 Å². The Bertz CT molecular complexity index is 1130. The summed E-state index contributed by atoms with van der Waals surface area (Å²) in [6.45, 7) is -1.03. The third-order valence-electron chi connectivity index (χ3n) is 4.35.